The number of hydrogen-bond donors (Lipinski definition) is 1. The van der Waals surface area contributed by atoms with Gasteiger partial charge in [0.2, 0.25) is 5.91 Å². The number of aromatic nitrogens is 2. The number of nitrogens with one attached hydrogen (secondary N) is 1. The number of rotatable bonds is 6. The van der Waals surface area contributed by atoms with Crippen molar-refractivity contribution in [1.29, 1.82) is 0 Å². The van der Waals surface area contributed by atoms with Crippen molar-refractivity contribution >= 4 is 57.5 Å². The van der Waals surface area contributed by atoms with E-state index in [2.05, 4.69) is 10.3 Å². The summed E-state index contributed by atoms with van der Waals surface area (Å²) in [7, 11) is 0. The number of para-hydroxylation sites is 1. The van der Waals surface area contributed by atoms with Crippen LogP contribution in [0.2, 0.25) is 5.02 Å². The third-order valence-corrected chi connectivity index (χ3v) is 8.38. The van der Waals surface area contributed by atoms with Gasteiger partial charge in [-0.05, 0) is 43.5 Å². The van der Waals surface area contributed by atoms with Crippen molar-refractivity contribution in [2.24, 2.45) is 9.98 Å². The van der Waals surface area contributed by atoms with Gasteiger partial charge in [0.15, 0.2) is 5.17 Å². The minimum Gasteiger partial charge on any atom is -0.353 e. The first-order valence-corrected chi connectivity index (χ1v) is 14.5. The number of fused-ring (bicyclic) bond motifs is 4. The lowest BCUT2D eigenvalue weighted by atomic mass is 9.95. The molecule has 9 nitrogen and oxygen atoms in total. The molecule has 0 unspecified atom stereocenters. The molecule has 1 aliphatic carbocycles. The van der Waals surface area contributed by atoms with E-state index in [1.165, 1.54) is 34.8 Å². The standard InChI is InChI=1S/C28H27ClN6O3S/c29-17-10-12-23-30-19(14-25(37)34(23)15-17)16-39-28-33-21-9-5-4-8-20(21)26-32-22(27(38)35(26)28)11-13-24(36)31-18-6-2-1-3-7-18/h4-5,8-10,12,14-15,18,22H,1-3,6-7,11,13,16H2,(H,31,36)/t22-/m1/s1. The van der Waals surface area contributed by atoms with Crippen molar-refractivity contribution < 1.29 is 9.59 Å². The molecule has 39 heavy (non-hydrogen) atoms. The lowest BCUT2D eigenvalue weighted by molar-refractivity contribution is -0.125. The molecule has 200 valence electrons. The van der Waals surface area contributed by atoms with Gasteiger partial charge in [-0.2, -0.15) is 0 Å². The van der Waals surface area contributed by atoms with Crippen LogP contribution in [0.4, 0.5) is 5.69 Å². The topological polar surface area (TPSA) is 108 Å². The van der Waals surface area contributed by atoms with Gasteiger partial charge < -0.3 is 5.32 Å². The van der Waals surface area contributed by atoms with E-state index in [9.17, 15) is 14.4 Å². The second kappa shape index (κ2) is 10.9. The van der Waals surface area contributed by atoms with Crippen LogP contribution in [0.5, 0.6) is 0 Å². The van der Waals surface area contributed by atoms with Crippen molar-refractivity contribution in [3.63, 3.8) is 0 Å². The predicted molar refractivity (Wildman–Crippen MR) is 153 cm³/mol. The zero-order valence-electron chi connectivity index (χ0n) is 21.2. The highest BCUT2D eigenvalue weighted by molar-refractivity contribution is 8.13. The van der Waals surface area contributed by atoms with E-state index in [0.29, 0.717) is 39.5 Å². The molecular formula is C28H27ClN6O3S. The van der Waals surface area contributed by atoms with E-state index < -0.39 is 6.04 Å². The summed E-state index contributed by atoms with van der Waals surface area (Å²) in [6, 6.07) is 12.0. The number of thioether (sulfide) groups is 1. The predicted octanol–water partition coefficient (Wildman–Crippen LogP) is 4.47. The Hall–Kier alpha value is -3.50. The number of carbonyl (C=O) groups excluding carboxylic acids is 2. The molecule has 0 spiro atoms. The smallest absolute Gasteiger partial charge is 0.259 e. The largest absolute Gasteiger partial charge is 0.353 e. The molecule has 4 heterocycles. The Morgan fingerprint density at radius 1 is 1.10 bits per heavy atom. The van der Waals surface area contributed by atoms with Crippen LogP contribution in [0.15, 0.2) is 63.4 Å². The fourth-order valence-electron chi connectivity index (χ4n) is 5.24. The van der Waals surface area contributed by atoms with E-state index in [1.807, 2.05) is 24.3 Å². The first kappa shape index (κ1) is 25.8. The van der Waals surface area contributed by atoms with Crippen LogP contribution in [0.3, 0.4) is 0 Å². The second-order valence-electron chi connectivity index (χ2n) is 9.94. The van der Waals surface area contributed by atoms with Crippen molar-refractivity contribution in [2.75, 3.05) is 0 Å². The molecule has 2 amide bonds. The van der Waals surface area contributed by atoms with Gasteiger partial charge in [-0.25, -0.2) is 14.9 Å². The summed E-state index contributed by atoms with van der Waals surface area (Å²) >= 11 is 7.34. The third kappa shape index (κ3) is 5.35. The number of nitrogens with zero attached hydrogens (tertiary/aromatic N) is 5. The van der Waals surface area contributed by atoms with Crippen molar-refractivity contribution in [1.82, 2.24) is 19.6 Å². The van der Waals surface area contributed by atoms with Crippen LogP contribution >= 0.6 is 23.4 Å². The Bertz CT molecular complexity index is 1580. The Morgan fingerprint density at radius 3 is 2.77 bits per heavy atom. The quantitative estimate of drug-likeness (QED) is 0.477. The molecule has 1 N–H and O–H groups in total. The highest BCUT2D eigenvalue weighted by Crippen LogP contribution is 2.35. The summed E-state index contributed by atoms with van der Waals surface area (Å²) in [5.74, 6) is 0.656. The van der Waals surface area contributed by atoms with E-state index in [4.69, 9.17) is 21.6 Å². The third-order valence-electron chi connectivity index (χ3n) is 7.19. The fourth-order valence-corrected chi connectivity index (χ4v) is 6.29. The Labute approximate surface area is 234 Å². The molecule has 1 atom stereocenters. The van der Waals surface area contributed by atoms with E-state index >= 15 is 0 Å². The summed E-state index contributed by atoms with van der Waals surface area (Å²) in [5, 5.41) is 4.05. The molecule has 0 radical (unpaired) electrons. The Morgan fingerprint density at radius 2 is 1.92 bits per heavy atom. The Kier molecular flexibility index (Phi) is 7.22. The monoisotopic (exact) mass is 562 g/mol. The van der Waals surface area contributed by atoms with E-state index in [0.717, 1.165) is 36.9 Å². The number of aliphatic imine (C=N–C) groups is 2. The van der Waals surface area contributed by atoms with Gasteiger partial charge in [0.05, 0.1) is 16.4 Å². The molecule has 1 fully saturated rings. The second-order valence-corrected chi connectivity index (χ2v) is 11.3. The zero-order chi connectivity index (χ0) is 26.9. The summed E-state index contributed by atoms with van der Waals surface area (Å²) < 4.78 is 1.40. The Balaban J connectivity index is 1.19. The average Bonchev–Trinajstić information content (AvgIpc) is 3.28. The lowest BCUT2D eigenvalue weighted by Gasteiger charge is -2.25. The van der Waals surface area contributed by atoms with Gasteiger partial charge in [0.1, 0.15) is 17.5 Å². The van der Waals surface area contributed by atoms with Gasteiger partial charge in [0.25, 0.3) is 11.5 Å². The van der Waals surface area contributed by atoms with Crippen molar-refractivity contribution in [2.45, 2.75) is 62.8 Å². The first-order valence-electron chi connectivity index (χ1n) is 13.2. The van der Waals surface area contributed by atoms with Crippen molar-refractivity contribution in [3.05, 3.63) is 75.3 Å². The van der Waals surface area contributed by atoms with Crippen LogP contribution < -0.4 is 10.9 Å². The minimum atomic E-state index is -0.651. The van der Waals surface area contributed by atoms with Gasteiger partial charge in [-0.1, -0.05) is 54.8 Å². The van der Waals surface area contributed by atoms with Crippen LogP contribution in [0.1, 0.15) is 56.2 Å². The summed E-state index contributed by atoms with van der Waals surface area (Å²) in [4.78, 5) is 54.4. The molecule has 2 aliphatic heterocycles. The summed E-state index contributed by atoms with van der Waals surface area (Å²) in [5.41, 5.74) is 2.32. The molecular weight excluding hydrogens is 536 g/mol. The normalized spacial score (nSPS) is 18.9. The number of pyridine rings is 1. The molecule has 3 aliphatic rings. The number of carbonyl (C=O) groups is 2. The van der Waals surface area contributed by atoms with E-state index in [1.54, 1.807) is 17.0 Å². The maximum Gasteiger partial charge on any atom is 0.259 e. The number of halogens is 1. The van der Waals surface area contributed by atoms with Gasteiger partial charge in [-0.15, -0.1) is 0 Å². The molecule has 11 heteroatoms. The van der Waals surface area contributed by atoms with Crippen LogP contribution in [0.25, 0.3) is 5.65 Å². The zero-order valence-corrected chi connectivity index (χ0v) is 22.7. The van der Waals surface area contributed by atoms with E-state index in [-0.39, 0.29) is 29.8 Å². The van der Waals surface area contributed by atoms with Gasteiger partial charge in [0, 0.05) is 36.0 Å². The first-order chi connectivity index (χ1) is 19.0. The SMILES string of the molecule is O=C(CC[C@H]1N=C2c3ccccc3N=C(SCc3cc(=O)n4cc(Cl)ccc4n3)N2C1=O)NC1CCCCC1. The van der Waals surface area contributed by atoms with Crippen LogP contribution in [-0.4, -0.2) is 49.2 Å². The molecule has 2 aromatic heterocycles. The molecule has 0 bridgehead atoms. The number of hydrogen-bond acceptors (Lipinski definition) is 7. The highest BCUT2D eigenvalue weighted by Gasteiger charge is 2.41. The summed E-state index contributed by atoms with van der Waals surface area (Å²) in [6.07, 6.45) is 7.66. The summed E-state index contributed by atoms with van der Waals surface area (Å²) in [6.45, 7) is 0. The molecule has 3 aromatic rings. The number of amidine groups is 2. The molecule has 0 saturated heterocycles. The van der Waals surface area contributed by atoms with Gasteiger partial charge in [-0.3, -0.25) is 23.8 Å². The minimum absolute atomic E-state index is 0.0293. The maximum atomic E-state index is 13.5. The maximum absolute atomic E-state index is 13.5. The van der Waals surface area contributed by atoms with Crippen LogP contribution in [0, 0.1) is 0 Å². The molecule has 6 rings (SSSR count). The molecule has 1 saturated carbocycles. The lowest BCUT2D eigenvalue weighted by Crippen LogP contribution is -2.41. The van der Waals surface area contributed by atoms with Gasteiger partial charge >= 0.3 is 0 Å². The average molecular weight is 563 g/mol. The highest BCUT2D eigenvalue weighted by atomic mass is 35.5. The number of amides is 2. The number of benzene rings is 1. The molecule has 1 aromatic carbocycles. The van der Waals surface area contributed by atoms with Crippen LogP contribution in [-0.2, 0) is 15.3 Å². The van der Waals surface area contributed by atoms with Crippen molar-refractivity contribution in [3.8, 4) is 0 Å². The fraction of sp³-hybridized carbons (Fsp3) is 0.357.